The van der Waals surface area contributed by atoms with Crippen LogP contribution in [0.25, 0.3) is 10.9 Å². The van der Waals surface area contributed by atoms with Gasteiger partial charge in [-0.05, 0) is 39.8 Å². The molecule has 0 unspecified atom stereocenters. The summed E-state index contributed by atoms with van der Waals surface area (Å²) in [5.41, 5.74) is 6.46. The molecule has 1 aromatic carbocycles. The van der Waals surface area contributed by atoms with Crippen LogP contribution in [0.1, 0.15) is 39.2 Å². The third kappa shape index (κ3) is 3.92. The van der Waals surface area contributed by atoms with Crippen LogP contribution in [0, 0.1) is 11.3 Å². The number of benzene rings is 1. The Bertz CT molecular complexity index is 1240. The molecule has 2 aliphatic rings. The Hall–Kier alpha value is -3.44. The zero-order chi connectivity index (χ0) is 23.2. The summed E-state index contributed by atoms with van der Waals surface area (Å²) in [6.07, 6.45) is 0. The first kappa shape index (κ1) is 21.8. The van der Waals surface area contributed by atoms with Crippen LogP contribution in [0.2, 0.25) is 5.15 Å². The van der Waals surface area contributed by atoms with Gasteiger partial charge in [0.2, 0.25) is 5.88 Å². The molecule has 1 atom stereocenters. The van der Waals surface area contributed by atoms with Gasteiger partial charge in [-0.3, -0.25) is 0 Å². The highest BCUT2D eigenvalue weighted by atomic mass is 35.5. The predicted molar refractivity (Wildman–Crippen MR) is 117 cm³/mol. The fourth-order valence-electron chi connectivity index (χ4n) is 3.70. The van der Waals surface area contributed by atoms with Crippen molar-refractivity contribution in [2.75, 3.05) is 13.2 Å². The van der Waals surface area contributed by atoms with E-state index in [0.717, 1.165) is 0 Å². The molecule has 3 heterocycles. The first-order chi connectivity index (χ1) is 15.1. The molecule has 4 rings (SSSR count). The lowest BCUT2D eigenvalue weighted by atomic mass is 9.83. The van der Waals surface area contributed by atoms with E-state index in [1.165, 1.54) is 0 Å². The highest BCUT2D eigenvalue weighted by Gasteiger charge is 2.39. The van der Waals surface area contributed by atoms with Crippen LogP contribution in [0.15, 0.2) is 41.0 Å². The molecule has 0 spiro atoms. The number of esters is 1. The third-order valence-corrected chi connectivity index (χ3v) is 5.30. The minimum atomic E-state index is -0.902. The van der Waals surface area contributed by atoms with Crippen molar-refractivity contribution < 1.29 is 23.7 Å². The smallest absolute Gasteiger partial charge is 0.338 e. The van der Waals surface area contributed by atoms with E-state index in [9.17, 15) is 10.1 Å². The van der Waals surface area contributed by atoms with Crippen LogP contribution in [0.4, 0.5) is 0 Å². The Morgan fingerprint density at radius 2 is 1.91 bits per heavy atom. The summed E-state index contributed by atoms with van der Waals surface area (Å²) >= 11 is 6.57. The number of fused-ring (bicyclic) bond motifs is 2. The van der Waals surface area contributed by atoms with Gasteiger partial charge in [0.25, 0.3) is 0 Å². The number of carbonyl (C=O) groups excluding carboxylic acids is 1. The summed E-state index contributed by atoms with van der Waals surface area (Å²) in [5.74, 6) is -0.224. The van der Waals surface area contributed by atoms with Crippen molar-refractivity contribution in [1.29, 1.82) is 5.26 Å². The van der Waals surface area contributed by atoms with Crippen LogP contribution in [0.5, 0.6) is 11.5 Å². The van der Waals surface area contributed by atoms with Crippen molar-refractivity contribution in [2.45, 2.75) is 39.2 Å². The van der Waals surface area contributed by atoms with E-state index in [2.05, 4.69) is 11.1 Å². The van der Waals surface area contributed by atoms with Crippen molar-refractivity contribution in [3.05, 3.63) is 51.7 Å². The lowest BCUT2D eigenvalue weighted by molar-refractivity contribution is -0.150. The fraction of sp³-hybridized carbons (Fsp3) is 0.348. The maximum absolute atomic E-state index is 13.1. The number of aromatic nitrogens is 1. The van der Waals surface area contributed by atoms with Crippen LogP contribution < -0.4 is 15.2 Å². The first-order valence-electron chi connectivity index (χ1n) is 10.0. The summed E-state index contributed by atoms with van der Waals surface area (Å²) in [6.45, 7) is 7.75. The minimum Gasteiger partial charge on any atom is -0.486 e. The van der Waals surface area contributed by atoms with E-state index >= 15 is 0 Å². The van der Waals surface area contributed by atoms with E-state index in [-0.39, 0.29) is 27.9 Å². The van der Waals surface area contributed by atoms with Crippen molar-refractivity contribution in [3.63, 3.8) is 0 Å². The number of nitrogens with two attached hydrogens (primary N) is 1. The largest absolute Gasteiger partial charge is 0.486 e. The van der Waals surface area contributed by atoms with Gasteiger partial charge in [0, 0.05) is 17.0 Å². The Kier molecular flexibility index (Phi) is 5.39. The second-order valence-electron chi connectivity index (χ2n) is 8.45. The molecule has 0 fully saturated rings. The Labute approximate surface area is 190 Å². The van der Waals surface area contributed by atoms with E-state index < -0.39 is 17.5 Å². The second-order valence-corrected chi connectivity index (χ2v) is 8.81. The lowest BCUT2D eigenvalue weighted by Crippen LogP contribution is -2.30. The number of allylic oxidation sites excluding steroid dienone is 2. The van der Waals surface area contributed by atoms with Crippen molar-refractivity contribution in [3.8, 4) is 17.6 Å². The quantitative estimate of drug-likeness (QED) is 0.531. The van der Waals surface area contributed by atoms with Crippen molar-refractivity contribution >= 4 is 28.5 Å². The van der Waals surface area contributed by atoms with Gasteiger partial charge in [0.1, 0.15) is 41.4 Å². The molecule has 8 nitrogen and oxygen atoms in total. The molecule has 0 amide bonds. The van der Waals surface area contributed by atoms with Crippen molar-refractivity contribution in [2.24, 2.45) is 5.73 Å². The SMILES string of the molecule is CC1=C(C(=O)OC(C)(C)C)[C@H](c2cc3cc4c(cc3nc2Cl)OCCO4)C(C#N)=C(N)O1. The monoisotopic (exact) mass is 455 g/mol. The lowest BCUT2D eigenvalue weighted by Gasteiger charge is -2.29. The van der Waals surface area contributed by atoms with E-state index in [1.807, 2.05) is 0 Å². The van der Waals surface area contributed by atoms with Gasteiger partial charge in [0.05, 0.1) is 17.0 Å². The number of pyridine rings is 1. The highest BCUT2D eigenvalue weighted by Crippen LogP contribution is 2.44. The van der Waals surface area contributed by atoms with E-state index in [0.29, 0.717) is 41.2 Å². The number of hydrogen-bond acceptors (Lipinski definition) is 8. The van der Waals surface area contributed by atoms with Gasteiger partial charge in [-0.25, -0.2) is 9.78 Å². The summed E-state index contributed by atoms with van der Waals surface area (Å²) in [5, 5.41) is 10.7. The normalized spacial score (nSPS) is 18.3. The standard InChI is InChI=1S/C23H22ClN3O5/c1-11-18(22(28)32-23(2,3)4)19(14(10-25)21(26)31-11)13-7-12-8-16-17(30-6-5-29-16)9-15(12)27-20(13)24/h7-9,19H,5-6,26H2,1-4H3/t19-/m1/s1. The minimum absolute atomic E-state index is 0.0528. The molecule has 32 heavy (non-hydrogen) atoms. The maximum Gasteiger partial charge on any atom is 0.338 e. The van der Waals surface area contributed by atoms with Gasteiger partial charge < -0.3 is 24.7 Å². The van der Waals surface area contributed by atoms with Gasteiger partial charge in [0.15, 0.2) is 11.5 Å². The van der Waals surface area contributed by atoms with E-state index in [4.69, 9.17) is 36.3 Å². The molecule has 2 N–H and O–H groups in total. The van der Waals surface area contributed by atoms with Gasteiger partial charge >= 0.3 is 5.97 Å². The molecule has 0 radical (unpaired) electrons. The predicted octanol–water partition coefficient (Wildman–Crippen LogP) is 4.08. The summed E-state index contributed by atoms with van der Waals surface area (Å²) < 4.78 is 22.4. The number of ether oxygens (including phenoxy) is 4. The first-order valence-corrected chi connectivity index (χ1v) is 10.4. The number of rotatable bonds is 2. The maximum atomic E-state index is 13.1. The molecular formula is C23H22ClN3O5. The van der Waals surface area contributed by atoms with E-state index in [1.54, 1.807) is 45.9 Å². The van der Waals surface area contributed by atoms with Gasteiger partial charge in [-0.15, -0.1) is 0 Å². The van der Waals surface area contributed by atoms with Crippen LogP contribution >= 0.6 is 11.6 Å². The molecule has 0 aliphatic carbocycles. The average molecular weight is 456 g/mol. The average Bonchev–Trinajstić information content (AvgIpc) is 2.70. The third-order valence-electron chi connectivity index (χ3n) is 4.99. The van der Waals surface area contributed by atoms with Crippen LogP contribution in [-0.4, -0.2) is 29.8 Å². The molecule has 0 bridgehead atoms. The number of carbonyl (C=O) groups is 1. The molecule has 0 saturated carbocycles. The molecule has 9 heteroatoms. The zero-order valence-electron chi connectivity index (χ0n) is 18.1. The van der Waals surface area contributed by atoms with Gasteiger partial charge in [-0.2, -0.15) is 5.26 Å². The van der Waals surface area contributed by atoms with Crippen molar-refractivity contribution in [1.82, 2.24) is 4.98 Å². The number of halogens is 1. The number of hydrogen-bond donors (Lipinski definition) is 1. The van der Waals surface area contributed by atoms with Crippen LogP contribution in [-0.2, 0) is 14.3 Å². The summed E-state index contributed by atoms with van der Waals surface area (Å²) in [7, 11) is 0. The topological polar surface area (TPSA) is 117 Å². The zero-order valence-corrected chi connectivity index (χ0v) is 18.9. The Morgan fingerprint density at radius 3 is 2.53 bits per heavy atom. The number of nitrogens with zero attached hydrogens (tertiary/aromatic N) is 2. The molecule has 166 valence electrons. The molecule has 2 aromatic rings. The highest BCUT2D eigenvalue weighted by molar-refractivity contribution is 6.30. The molecule has 0 saturated heterocycles. The van der Waals surface area contributed by atoms with Crippen LogP contribution in [0.3, 0.4) is 0 Å². The molecule has 1 aromatic heterocycles. The number of nitriles is 1. The van der Waals surface area contributed by atoms with Gasteiger partial charge in [-0.1, -0.05) is 11.6 Å². The second kappa shape index (κ2) is 7.92. The molecule has 2 aliphatic heterocycles. The summed E-state index contributed by atoms with van der Waals surface area (Å²) in [4.78, 5) is 17.6. The fourth-order valence-corrected chi connectivity index (χ4v) is 3.95. The molecular weight excluding hydrogens is 434 g/mol. The summed E-state index contributed by atoms with van der Waals surface area (Å²) in [6, 6.07) is 7.35. The Morgan fingerprint density at radius 1 is 1.25 bits per heavy atom. The Balaban J connectivity index is 1.90.